The third-order valence-corrected chi connectivity index (χ3v) is 3.53. The van der Waals surface area contributed by atoms with Gasteiger partial charge in [0.15, 0.2) is 0 Å². The number of hydrogen-bond donors (Lipinski definition) is 1. The number of carbonyl (C=O) groups excluding carboxylic acids is 1. The van der Waals surface area contributed by atoms with Crippen LogP contribution in [0.1, 0.15) is 15.9 Å². The number of aliphatic hydroxyl groups is 1. The molecule has 0 bridgehead atoms. The van der Waals surface area contributed by atoms with E-state index in [1.165, 1.54) is 7.11 Å². The van der Waals surface area contributed by atoms with Crippen LogP contribution in [0.3, 0.4) is 0 Å². The number of likely N-dealkylation sites (N-methyl/N-ethyl adjacent to an activating group) is 1. The molecule has 0 amide bonds. The van der Waals surface area contributed by atoms with Gasteiger partial charge in [-0.2, -0.15) is 0 Å². The van der Waals surface area contributed by atoms with E-state index >= 15 is 0 Å². The van der Waals surface area contributed by atoms with Crippen LogP contribution < -0.4 is 0 Å². The number of ether oxygens (including phenoxy) is 2. The summed E-state index contributed by atoms with van der Waals surface area (Å²) in [6.07, 6.45) is -0.516. The zero-order chi connectivity index (χ0) is 15.1. The number of esters is 1. The number of nitrogens with zero attached hydrogens (tertiary/aromatic N) is 1. The molecule has 0 saturated carbocycles. The van der Waals surface area contributed by atoms with Crippen molar-refractivity contribution >= 4 is 21.9 Å². The zero-order valence-corrected chi connectivity index (χ0v) is 13.5. The summed E-state index contributed by atoms with van der Waals surface area (Å²) in [5.74, 6) is -0.360. The fourth-order valence-corrected chi connectivity index (χ4v) is 2.38. The predicted octanol–water partition coefficient (Wildman–Crippen LogP) is 1.67. The van der Waals surface area contributed by atoms with Crippen molar-refractivity contribution in [2.45, 2.75) is 12.6 Å². The fourth-order valence-electron chi connectivity index (χ4n) is 1.88. The van der Waals surface area contributed by atoms with Gasteiger partial charge in [0.25, 0.3) is 0 Å². The smallest absolute Gasteiger partial charge is 0.337 e. The highest BCUT2D eigenvalue weighted by Crippen LogP contribution is 2.20. The molecule has 0 aromatic heterocycles. The molecular weight excluding hydrogens is 326 g/mol. The SMILES string of the molecule is COCC(O)CN(C)Cc1ccc(C(=O)OC)cc1Br. The quantitative estimate of drug-likeness (QED) is 0.762. The summed E-state index contributed by atoms with van der Waals surface area (Å²) >= 11 is 3.45. The zero-order valence-electron chi connectivity index (χ0n) is 11.9. The summed E-state index contributed by atoms with van der Waals surface area (Å²) in [5, 5.41) is 9.68. The maximum atomic E-state index is 11.4. The second-order valence-corrected chi connectivity index (χ2v) is 5.46. The van der Waals surface area contributed by atoms with Crippen molar-refractivity contribution in [2.75, 3.05) is 34.4 Å². The van der Waals surface area contributed by atoms with Crippen molar-refractivity contribution in [3.05, 3.63) is 33.8 Å². The lowest BCUT2D eigenvalue weighted by molar-refractivity contribution is 0.0418. The summed E-state index contributed by atoms with van der Waals surface area (Å²) in [6, 6.07) is 5.33. The highest BCUT2D eigenvalue weighted by Gasteiger charge is 2.12. The Morgan fingerprint density at radius 2 is 2.15 bits per heavy atom. The first-order valence-corrected chi connectivity index (χ1v) is 6.99. The van der Waals surface area contributed by atoms with E-state index in [1.807, 2.05) is 18.0 Å². The molecule has 1 aromatic rings. The van der Waals surface area contributed by atoms with Gasteiger partial charge in [0.1, 0.15) is 0 Å². The predicted molar refractivity (Wildman–Crippen MR) is 79.7 cm³/mol. The molecule has 1 atom stereocenters. The Hall–Kier alpha value is -0.950. The molecule has 1 unspecified atom stereocenters. The lowest BCUT2D eigenvalue weighted by Crippen LogP contribution is -2.31. The van der Waals surface area contributed by atoms with Gasteiger partial charge in [-0.15, -0.1) is 0 Å². The average Bonchev–Trinajstić information content (AvgIpc) is 2.40. The number of rotatable bonds is 7. The normalized spacial score (nSPS) is 12.5. The fraction of sp³-hybridized carbons (Fsp3) is 0.500. The van der Waals surface area contributed by atoms with Gasteiger partial charge in [-0.05, 0) is 24.7 Å². The molecule has 0 aliphatic heterocycles. The van der Waals surface area contributed by atoms with Gasteiger partial charge in [0.05, 0.1) is 25.4 Å². The first-order valence-electron chi connectivity index (χ1n) is 6.20. The highest BCUT2D eigenvalue weighted by atomic mass is 79.9. The van der Waals surface area contributed by atoms with Crippen LogP contribution in [-0.2, 0) is 16.0 Å². The van der Waals surface area contributed by atoms with Gasteiger partial charge in [0, 0.05) is 24.7 Å². The summed E-state index contributed by atoms with van der Waals surface area (Å²) in [5.41, 5.74) is 1.54. The first-order chi connectivity index (χ1) is 9.47. The molecule has 6 heteroatoms. The van der Waals surface area contributed by atoms with Gasteiger partial charge in [-0.3, -0.25) is 4.90 Å². The van der Waals surface area contributed by atoms with Crippen LogP contribution >= 0.6 is 15.9 Å². The second-order valence-electron chi connectivity index (χ2n) is 4.60. The van der Waals surface area contributed by atoms with Gasteiger partial charge >= 0.3 is 5.97 Å². The molecule has 1 rings (SSSR count). The second kappa shape index (κ2) is 8.36. The highest BCUT2D eigenvalue weighted by molar-refractivity contribution is 9.10. The lowest BCUT2D eigenvalue weighted by Gasteiger charge is -2.20. The number of benzene rings is 1. The van der Waals surface area contributed by atoms with Crippen LogP contribution in [0.2, 0.25) is 0 Å². The number of carbonyl (C=O) groups is 1. The first kappa shape index (κ1) is 17.1. The van der Waals surface area contributed by atoms with E-state index in [9.17, 15) is 9.90 Å². The molecule has 0 saturated heterocycles. The van der Waals surface area contributed by atoms with Crippen LogP contribution in [0, 0.1) is 0 Å². The van der Waals surface area contributed by atoms with E-state index in [4.69, 9.17) is 4.74 Å². The van der Waals surface area contributed by atoms with Gasteiger partial charge < -0.3 is 14.6 Å². The molecule has 0 radical (unpaired) electrons. The molecule has 1 N–H and O–H groups in total. The minimum Gasteiger partial charge on any atom is -0.465 e. The third kappa shape index (κ3) is 5.20. The van der Waals surface area contributed by atoms with Crippen molar-refractivity contribution in [3.8, 4) is 0 Å². The van der Waals surface area contributed by atoms with Crippen LogP contribution in [0.15, 0.2) is 22.7 Å². The van der Waals surface area contributed by atoms with Crippen molar-refractivity contribution in [3.63, 3.8) is 0 Å². The molecule has 0 fully saturated rings. The molecule has 20 heavy (non-hydrogen) atoms. The van der Waals surface area contributed by atoms with E-state index in [0.717, 1.165) is 10.0 Å². The van der Waals surface area contributed by atoms with E-state index in [1.54, 1.807) is 19.2 Å². The van der Waals surface area contributed by atoms with Crippen LogP contribution in [0.25, 0.3) is 0 Å². The standard InChI is InChI=1S/C14H20BrNO4/c1-16(8-12(17)9-19-2)7-11-5-4-10(6-13(11)15)14(18)20-3/h4-6,12,17H,7-9H2,1-3H3. The third-order valence-electron chi connectivity index (χ3n) is 2.80. The van der Waals surface area contributed by atoms with Crippen molar-refractivity contribution in [2.24, 2.45) is 0 Å². The Morgan fingerprint density at radius 3 is 2.70 bits per heavy atom. The van der Waals surface area contributed by atoms with Gasteiger partial charge in [0.2, 0.25) is 0 Å². The topological polar surface area (TPSA) is 59.0 Å². The monoisotopic (exact) mass is 345 g/mol. The van der Waals surface area contributed by atoms with Crippen molar-refractivity contribution < 1.29 is 19.4 Å². The molecule has 0 heterocycles. The number of methoxy groups -OCH3 is 2. The molecule has 0 spiro atoms. The Labute approximate surface area is 127 Å². The minimum atomic E-state index is -0.516. The van der Waals surface area contributed by atoms with E-state index in [2.05, 4.69) is 20.7 Å². The van der Waals surface area contributed by atoms with Gasteiger partial charge in [-0.1, -0.05) is 22.0 Å². The number of halogens is 1. The molecule has 0 aliphatic carbocycles. The van der Waals surface area contributed by atoms with Crippen molar-refractivity contribution in [1.82, 2.24) is 4.90 Å². The van der Waals surface area contributed by atoms with E-state index < -0.39 is 6.10 Å². The molecule has 5 nitrogen and oxygen atoms in total. The molecule has 0 aliphatic rings. The van der Waals surface area contributed by atoms with Crippen LogP contribution in [-0.4, -0.2) is 56.5 Å². The van der Waals surface area contributed by atoms with Crippen LogP contribution in [0.4, 0.5) is 0 Å². The van der Waals surface area contributed by atoms with Crippen LogP contribution in [0.5, 0.6) is 0 Å². The maximum absolute atomic E-state index is 11.4. The minimum absolute atomic E-state index is 0.312. The summed E-state index contributed by atoms with van der Waals surface area (Å²) in [6.45, 7) is 1.48. The Balaban J connectivity index is 2.66. The van der Waals surface area contributed by atoms with Crippen molar-refractivity contribution in [1.29, 1.82) is 0 Å². The number of aliphatic hydroxyl groups excluding tert-OH is 1. The Kier molecular flexibility index (Phi) is 7.15. The van der Waals surface area contributed by atoms with E-state index in [-0.39, 0.29) is 5.97 Å². The molecular formula is C14H20BrNO4. The maximum Gasteiger partial charge on any atom is 0.337 e. The number of hydrogen-bond acceptors (Lipinski definition) is 5. The van der Waals surface area contributed by atoms with E-state index in [0.29, 0.717) is 25.3 Å². The Bertz CT molecular complexity index is 453. The lowest BCUT2D eigenvalue weighted by atomic mass is 10.1. The Morgan fingerprint density at radius 1 is 1.45 bits per heavy atom. The summed E-state index contributed by atoms with van der Waals surface area (Å²) in [7, 11) is 4.83. The molecule has 112 valence electrons. The summed E-state index contributed by atoms with van der Waals surface area (Å²) in [4.78, 5) is 13.4. The largest absolute Gasteiger partial charge is 0.465 e. The summed E-state index contributed by atoms with van der Waals surface area (Å²) < 4.78 is 10.4. The average molecular weight is 346 g/mol. The molecule has 1 aromatic carbocycles. The van der Waals surface area contributed by atoms with Gasteiger partial charge in [-0.25, -0.2) is 4.79 Å².